The molecule has 0 spiro atoms. The molecule has 1 heterocycles. The fourth-order valence-corrected chi connectivity index (χ4v) is 2.97. The Morgan fingerprint density at radius 3 is 2.29 bits per heavy atom. The Balaban J connectivity index is 1.82. The van der Waals surface area contributed by atoms with Gasteiger partial charge in [-0.1, -0.05) is 45.0 Å². The lowest BCUT2D eigenvalue weighted by Gasteiger charge is -2.19. The predicted molar refractivity (Wildman–Crippen MR) is 99.6 cm³/mol. The Morgan fingerprint density at radius 2 is 1.67 bits per heavy atom. The molecular formula is C21H26N2O. The van der Waals surface area contributed by atoms with Crippen LogP contribution < -0.4 is 4.74 Å². The number of imidazole rings is 1. The van der Waals surface area contributed by atoms with Gasteiger partial charge in [0, 0.05) is 6.04 Å². The van der Waals surface area contributed by atoms with Gasteiger partial charge in [-0.05, 0) is 49.1 Å². The molecule has 2 aromatic carbocycles. The summed E-state index contributed by atoms with van der Waals surface area (Å²) in [5.41, 5.74) is 3.65. The molecule has 0 aliphatic heterocycles. The maximum Gasteiger partial charge on any atom is 0.148 e. The van der Waals surface area contributed by atoms with Crippen LogP contribution in [0.3, 0.4) is 0 Å². The number of para-hydroxylation sites is 2. The smallest absolute Gasteiger partial charge is 0.148 e. The summed E-state index contributed by atoms with van der Waals surface area (Å²) in [5, 5.41) is 0. The Hall–Kier alpha value is -2.29. The number of fused-ring (bicyclic) bond motifs is 1. The third-order valence-electron chi connectivity index (χ3n) is 4.27. The zero-order valence-corrected chi connectivity index (χ0v) is 15.2. The van der Waals surface area contributed by atoms with Crippen molar-refractivity contribution < 1.29 is 4.74 Å². The maximum atomic E-state index is 6.00. The van der Waals surface area contributed by atoms with Crippen LogP contribution in [0.25, 0.3) is 11.0 Å². The van der Waals surface area contributed by atoms with Gasteiger partial charge in [0.15, 0.2) is 0 Å². The van der Waals surface area contributed by atoms with Crippen molar-refractivity contribution in [3.8, 4) is 5.75 Å². The summed E-state index contributed by atoms with van der Waals surface area (Å²) in [7, 11) is 0. The van der Waals surface area contributed by atoms with Gasteiger partial charge in [0.1, 0.15) is 18.2 Å². The minimum Gasteiger partial charge on any atom is -0.486 e. The van der Waals surface area contributed by atoms with Crippen molar-refractivity contribution in [1.82, 2.24) is 9.55 Å². The number of hydrogen-bond donors (Lipinski definition) is 0. The third-order valence-corrected chi connectivity index (χ3v) is 4.27. The zero-order valence-electron chi connectivity index (χ0n) is 15.2. The Morgan fingerprint density at radius 1 is 1.00 bits per heavy atom. The molecule has 0 unspecified atom stereocenters. The summed E-state index contributed by atoms with van der Waals surface area (Å²) in [6.45, 7) is 11.5. The Labute approximate surface area is 144 Å². The van der Waals surface area contributed by atoms with Gasteiger partial charge in [-0.2, -0.15) is 0 Å². The van der Waals surface area contributed by atoms with Gasteiger partial charge in [0.05, 0.1) is 11.0 Å². The second-order valence-electron chi connectivity index (χ2n) is 7.54. The lowest BCUT2D eigenvalue weighted by molar-refractivity contribution is 0.287. The van der Waals surface area contributed by atoms with E-state index in [1.165, 1.54) is 5.56 Å². The summed E-state index contributed by atoms with van der Waals surface area (Å²) in [6, 6.07) is 17.0. The monoisotopic (exact) mass is 322 g/mol. The van der Waals surface area contributed by atoms with Crippen LogP contribution in [0.2, 0.25) is 0 Å². The average molecular weight is 322 g/mol. The molecule has 3 heteroatoms. The van der Waals surface area contributed by atoms with Crippen molar-refractivity contribution in [3.05, 3.63) is 59.9 Å². The SMILES string of the molecule is CC(C)n1c(COc2ccc(C(C)(C)C)cc2)nc2ccccc21. The highest BCUT2D eigenvalue weighted by Crippen LogP contribution is 2.25. The zero-order chi connectivity index (χ0) is 17.3. The number of ether oxygens (including phenoxy) is 1. The van der Waals surface area contributed by atoms with E-state index in [9.17, 15) is 0 Å². The molecule has 126 valence electrons. The molecule has 0 bridgehead atoms. The first-order chi connectivity index (χ1) is 11.4. The molecular weight excluding hydrogens is 296 g/mol. The molecule has 0 radical (unpaired) electrons. The largest absolute Gasteiger partial charge is 0.486 e. The van der Waals surface area contributed by atoms with Gasteiger partial charge in [0.25, 0.3) is 0 Å². The molecule has 3 aromatic rings. The van der Waals surface area contributed by atoms with Crippen LogP contribution in [0.5, 0.6) is 5.75 Å². The molecule has 3 rings (SSSR count). The summed E-state index contributed by atoms with van der Waals surface area (Å²) in [5.74, 6) is 1.84. The van der Waals surface area contributed by atoms with Crippen LogP contribution >= 0.6 is 0 Å². The standard InChI is InChI=1S/C21H26N2O/c1-15(2)23-19-9-7-6-8-18(19)22-20(23)14-24-17-12-10-16(11-13-17)21(3,4)5/h6-13,15H,14H2,1-5H3. The van der Waals surface area contributed by atoms with Crippen LogP contribution in [-0.2, 0) is 12.0 Å². The van der Waals surface area contributed by atoms with Crippen LogP contribution in [0, 0.1) is 0 Å². The van der Waals surface area contributed by atoms with E-state index in [1.807, 2.05) is 18.2 Å². The number of hydrogen-bond acceptors (Lipinski definition) is 2. The lowest BCUT2D eigenvalue weighted by Crippen LogP contribution is -2.11. The highest BCUT2D eigenvalue weighted by molar-refractivity contribution is 5.76. The van der Waals surface area contributed by atoms with E-state index in [-0.39, 0.29) is 5.41 Å². The molecule has 0 amide bonds. The van der Waals surface area contributed by atoms with E-state index in [0.717, 1.165) is 22.6 Å². The first-order valence-corrected chi connectivity index (χ1v) is 8.55. The Kier molecular flexibility index (Phi) is 4.35. The van der Waals surface area contributed by atoms with Crippen molar-refractivity contribution >= 4 is 11.0 Å². The molecule has 0 aliphatic carbocycles. The summed E-state index contributed by atoms with van der Waals surface area (Å²) in [4.78, 5) is 4.74. The number of nitrogens with zero attached hydrogens (tertiary/aromatic N) is 2. The van der Waals surface area contributed by atoms with Gasteiger partial charge in [-0.25, -0.2) is 4.98 Å². The minimum atomic E-state index is 0.157. The molecule has 0 atom stereocenters. The van der Waals surface area contributed by atoms with E-state index >= 15 is 0 Å². The molecule has 0 fully saturated rings. The minimum absolute atomic E-state index is 0.157. The fraction of sp³-hybridized carbons (Fsp3) is 0.381. The van der Waals surface area contributed by atoms with Crippen molar-refractivity contribution in [1.29, 1.82) is 0 Å². The Bertz CT molecular complexity index is 823. The van der Waals surface area contributed by atoms with Gasteiger partial charge in [0.2, 0.25) is 0 Å². The molecule has 0 saturated heterocycles. The van der Waals surface area contributed by atoms with Crippen molar-refractivity contribution in [2.24, 2.45) is 0 Å². The fourth-order valence-electron chi connectivity index (χ4n) is 2.97. The van der Waals surface area contributed by atoms with Crippen LogP contribution in [0.1, 0.15) is 52.0 Å². The molecule has 0 N–H and O–H groups in total. The van der Waals surface area contributed by atoms with E-state index in [2.05, 4.69) is 69.5 Å². The summed E-state index contributed by atoms with van der Waals surface area (Å²) < 4.78 is 8.25. The van der Waals surface area contributed by atoms with E-state index in [0.29, 0.717) is 12.6 Å². The van der Waals surface area contributed by atoms with Gasteiger partial charge >= 0.3 is 0 Å². The maximum absolute atomic E-state index is 6.00. The van der Waals surface area contributed by atoms with Gasteiger partial charge < -0.3 is 9.30 Å². The highest BCUT2D eigenvalue weighted by atomic mass is 16.5. The van der Waals surface area contributed by atoms with Crippen molar-refractivity contribution in [3.63, 3.8) is 0 Å². The average Bonchev–Trinajstić information content (AvgIpc) is 2.91. The third kappa shape index (κ3) is 3.30. The van der Waals surface area contributed by atoms with Gasteiger partial charge in [-0.15, -0.1) is 0 Å². The second kappa shape index (κ2) is 6.31. The topological polar surface area (TPSA) is 27.1 Å². The predicted octanol–water partition coefficient (Wildman–Crippen LogP) is 5.49. The molecule has 3 nitrogen and oxygen atoms in total. The summed E-state index contributed by atoms with van der Waals surface area (Å²) >= 11 is 0. The number of rotatable bonds is 4. The van der Waals surface area contributed by atoms with Gasteiger partial charge in [-0.3, -0.25) is 0 Å². The van der Waals surface area contributed by atoms with Crippen LogP contribution in [-0.4, -0.2) is 9.55 Å². The van der Waals surface area contributed by atoms with E-state index < -0.39 is 0 Å². The van der Waals surface area contributed by atoms with E-state index in [1.54, 1.807) is 0 Å². The second-order valence-corrected chi connectivity index (χ2v) is 7.54. The number of aromatic nitrogens is 2. The normalized spacial score (nSPS) is 12.1. The van der Waals surface area contributed by atoms with Crippen LogP contribution in [0.4, 0.5) is 0 Å². The molecule has 0 aliphatic rings. The molecule has 24 heavy (non-hydrogen) atoms. The first-order valence-electron chi connectivity index (χ1n) is 8.55. The van der Waals surface area contributed by atoms with E-state index in [4.69, 9.17) is 9.72 Å². The molecule has 1 aromatic heterocycles. The van der Waals surface area contributed by atoms with Crippen LogP contribution in [0.15, 0.2) is 48.5 Å². The number of benzene rings is 2. The molecule has 0 saturated carbocycles. The van der Waals surface area contributed by atoms with Crippen molar-refractivity contribution in [2.45, 2.75) is 52.7 Å². The first kappa shape index (κ1) is 16.6. The summed E-state index contributed by atoms with van der Waals surface area (Å²) in [6.07, 6.45) is 0. The quantitative estimate of drug-likeness (QED) is 0.634. The van der Waals surface area contributed by atoms with Crippen molar-refractivity contribution in [2.75, 3.05) is 0 Å². The highest BCUT2D eigenvalue weighted by Gasteiger charge is 2.15. The lowest BCUT2D eigenvalue weighted by atomic mass is 9.87.